The topological polar surface area (TPSA) is 140 Å². The van der Waals surface area contributed by atoms with Crippen LogP contribution in [0, 0.1) is 15.5 Å². The molecule has 25 heavy (non-hydrogen) atoms. The van der Waals surface area contributed by atoms with Crippen molar-refractivity contribution in [3.8, 4) is 5.69 Å². The van der Waals surface area contributed by atoms with Crippen LogP contribution in [0.15, 0.2) is 30.5 Å². The van der Waals surface area contributed by atoms with Gasteiger partial charge in [0.1, 0.15) is 0 Å². The lowest BCUT2D eigenvalue weighted by molar-refractivity contribution is -0.384. The molecular weight excluding hydrogens is 330 g/mol. The summed E-state index contributed by atoms with van der Waals surface area (Å²) in [6, 6.07) is 5.76. The van der Waals surface area contributed by atoms with Crippen LogP contribution in [0.4, 0.5) is 5.69 Å². The van der Waals surface area contributed by atoms with Gasteiger partial charge in [0.15, 0.2) is 5.69 Å². The predicted molar refractivity (Wildman–Crippen MR) is 86.4 cm³/mol. The van der Waals surface area contributed by atoms with Crippen LogP contribution in [0.3, 0.4) is 0 Å². The number of aliphatic carboxylic acids is 1. The molecule has 1 aromatic heterocycles. The largest absolute Gasteiger partial charge is 0.481 e. The Morgan fingerprint density at radius 2 is 2.12 bits per heavy atom. The Morgan fingerprint density at radius 1 is 1.40 bits per heavy atom. The Labute approximate surface area is 142 Å². The quantitative estimate of drug-likeness (QED) is 0.570. The van der Waals surface area contributed by atoms with E-state index < -0.39 is 22.2 Å². The highest BCUT2D eigenvalue weighted by molar-refractivity contribution is 5.91. The van der Waals surface area contributed by atoms with Crippen LogP contribution >= 0.6 is 0 Å². The lowest BCUT2D eigenvalue weighted by Gasteiger charge is -2.18. The van der Waals surface area contributed by atoms with E-state index in [4.69, 9.17) is 5.11 Å². The lowest BCUT2D eigenvalue weighted by Crippen LogP contribution is -2.32. The molecule has 1 amide bonds. The number of aromatic nitrogens is 3. The summed E-state index contributed by atoms with van der Waals surface area (Å²) < 4.78 is 1.25. The number of benzene rings is 1. The molecule has 10 nitrogen and oxygen atoms in total. The fraction of sp³-hybridized carbons (Fsp3) is 0.333. The standard InChI is InChI=1S/C15H17N5O5/c1-15(2,14(22)23)6-7-16-13(21)12-9-19(18-17-12)10-4-3-5-11(8-10)20(24)25/h3-5,8-9H,6-7H2,1-2H3,(H,16,21)(H,22,23). The van der Waals surface area contributed by atoms with Gasteiger partial charge in [0, 0.05) is 18.7 Å². The summed E-state index contributed by atoms with van der Waals surface area (Å²) >= 11 is 0. The number of nitrogens with zero attached hydrogens (tertiary/aromatic N) is 4. The van der Waals surface area contributed by atoms with Crippen LogP contribution < -0.4 is 5.32 Å². The molecule has 1 heterocycles. The third-order valence-electron chi connectivity index (χ3n) is 3.65. The average molecular weight is 347 g/mol. The molecule has 0 fully saturated rings. The average Bonchev–Trinajstić information content (AvgIpc) is 3.04. The minimum atomic E-state index is -0.951. The number of non-ortho nitro benzene ring substituents is 1. The van der Waals surface area contributed by atoms with Crippen molar-refractivity contribution in [2.45, 2.75) is 20.3 Å². The molecule has 132 valence electrons. The van der Waals surface area contributed by atoms with Crippen molar-refractivity contribution in [2.24, 2.45) is 5.41 Å². The zero-order valence-electron chi connectivity index (χ0n) is 13.7. The van der Waals surface area contributed by atoms with E-state index >= 15 is 0 Å². The van der Waals surface area contributed by atoms with Gasteiger partial charge in [-0.25, -0.2) is 4.68 Å². The number of amides is 1. The van der Waals surface area contributed by atoms with Crippen LogP contribution in [0.1, 0.15) is 30.8 Å². The second-order valence-corrected chi connectivity index (χ2v) is 6.02. The monoisotopic (exact) mass is 347 g/mol. The SMILES string of the molecule is CC(C)(CCNC(=O)c1cn(-c2cccc([N+](=O)[O-])c2)nn1)C(=O)O. The molecule has 2 N–H and O–H groups in total. The number of nitro groups is 1. The van der Waals surface area contributed by atoms with Gasteiger partial charge >= 0.3 is 5.97 Å². The molecule has 0 atom stereocenters. The van der Waals surface area contributed by atoms with Crippen LogP contribution in [-0.2, 0) is 4.79 Å². The Morgan fingerprint density at radius 3 is 2.76 bits per heavy atom. The van der Waals surface area contributed by atoms with Crippen molar-refractivity contribution in [2.75, 3.05) is 6.54 Å². The lowest BCUT2D eigenvalue weighted by atomic mass is 9.90. The van der Waals surface area contributed by atoms with Crippen molar-refractivity contribution in [3.05, 3.63) is 46.3 Å². The second-order valence-electron chi connectivity index (χ2n) is 6.02. The number of carbonyl (C=O) groups is 2. The van der Waals surface area contributed by atoms with Gasteiger partial charge in [-0.3, -0.25) is 19.7 Å². The molecular formula is C15H17N5O5. The Bertz CT molecular complexity index is 814. The first kappa shape index (κ1) is 18.0. The van der Waals surface area contributed by atoms with E-state index in [1.54, 1.807) is 19.9 Å². The van der Waals surface area contributed by atoms with E-state index in [-0.39, 0.29) is 24.3 Å². The van der Waals surface area contributed by atoms with Gasteiger partial charge in [-0.2, -0.15) is 0 Å². The second kappa shape index (κ2) is 7.07. The molecule has 0 unspecified atom stereocenters. The van der Waals surface area contributed by atoms with E-state index in [1.165, 1.54) is 29.1 Å². The van der Waals surface area contributed by atoms with Crippen molar-refractivity contribution in [3.63, 3.8) is 0 Å². The van der Waals surface area contributed by atoms with E-state index in [2.05, 4.69) is 15.6 Å². The summed E-state index contributed by atoms with van der Waals surface area (Å²) in [6.07, 6.45) is 1.60. The number of hydrogen-bond donors (Lipinski definition) is 2. The first-order valence-corrected chi connectivity index (χ1v) is 7.39. The number of carboxylic acid groups (broad SMARTS) is 1. The van der Waals surface area contributed by atoms with Crippen LogP contribution in [0.5, 0.6) is 0 Å². The number of hydrogen-bond acceptors (Lipinski definition) is 6. The number of nitro benzene ring substituents is 1. The van der Waals surface area contributed by atoms with E-state index in [0.29, 0.717) is 5.69 Å². The fourth-order valence-corrected chi connectivity index (χ4v) is 1.93. The molecule has 2 aromatic rings. The maximum Gasteiger partial charge on any atom is 0.309 e. The third kappa shape index (κ3) is 4.37. The molecule has 10 heteroatoms. The molecule has 0 saturated carbocycles. The summed E-state index contributed by atoms with van der Waals surface area (Å²) in [5, 5.41) is 29.9. The zero-order chi connectivity index (χ0) is 18.6. The van der Waals surface area contributed by atoms with Crippen molar-refractivity contribution < 1.29 is 19.6 Å². The number of rotatable bonds is 7. The Balaban J connectivity index is 2.03. The zero-order valence-corrected chi connectivity index (χ0v) is 13.7. The number of carbonyl (C=O) groups excluding carboxylic acids is 1. The molecule has 0 aliphatic carbocycles. The fourth-order valence-electron chi connectivity index (χ4n) is 1.93. The van der Waals surface area contributed by atoms with E-state index in [1.807, 2.05) is 0 Å². The normalized spacial score (nSPS) is 11.1. The van der Waals surface area contributed by atoms with Gasteiger partial charge in [-0.15, -0.1) is 5.10 Å². The first-order chi connectivity index (χ1) is 11.7. The van der Waals surface area contributed by atoms with Gasteiger partial charge in [0.05, 0.1) is 22.2 Å². The minimum absolute atomic E-state index is 0.0274. The maximum absolute atomic E-state index is 12.0. The summed E-state index contributed by atoms with van der Waals surface area (Å²) in [4.78, 5) is 33.3. The molecule has 0 spiro atoms. The first-order valence-electron chi connectivity index (χ1n) is 7.39. The van der Waals surface area contributed by atoms with Gasteiger partial charge in [0.2, 0.25) is 0 Å². The van der Waals surface area contributed by atoms with Crippen LogP contribution in [-0.4, -0.2) is 43.4 Å². The predicted octanol–water partition coefficient (Wildman–Crippen LogP) is 1.41. The highest BCUT2D eigenvalue weighted by atomic mass is 16.6. The maximum atomic E-state index is 12.0. The Kier molecular flexibility index (Phi) is 5.11. The molecule has 0 radical (unpaired) electrons. The Hall–Kier alpha value is -3.30. The van der Waals surface area contributed by atoms with Gasteiger partial charge in [-0.1, -0.05) is 11.3 Å². The molecule has 0 bridgehead atoms. The smallest absolute Gasteiger partial charge is 0.309 e. The number of nitrogens with one attached hydrogen (secondary N) is 1. The summed E-state index contributed by atoms with van der Waals surface area (Å²) in [7, 11) is 0. The van der Waals surface area contributed by atoms with Crippen molar-refractivity contribution >= 4 is 17.6 Å². The number of carboxylic acids is 1. The van der Waals surface area contributed by atoms with Crippen molar-refractivity contribution in [1.82, 2.24) is 20.3 Å². The van der Waals surface area contributed by atoms with Crippen LogP contribution in [0.25, 0.3) is 5.69 Å². The van der Waals surface area contributed by atoms with Gasteiger partial charge < -0.3 is 10.4 Å². The molecule has 0 saturated heterocycles. The van der Waals surface area contributed by atoms with Gasteiger partial charge in [0.25, 0.3) is 11.6 Å². The summed E-state index contributed by atoms with van der Waals surface area (Å²) in [6.45, 7) is 3.31. The molecule has 0 aliphatic rings. The highest BCUT2D eigenvalue weighted by Gasteiger charge is 2.26. The highest BCUT2D eigenvalue weighted by Crippen LogP contribution is 2.19. The summed E-state index contributed by atoms with van der Waals surface area (Å²) in [5.74, 6) is -1.45. The van der Waals surface area contributed by atoms with Crippen LogP contribution in [0.2, 0.25) is 0 Å². The molecule has 0 aliphatic heterocycles. The van der Waals surface area contributed by atoms with Crippen molar-refractivity contribution in [1.29, 1.82) is 0 Å². The molecule has 1 aromatic carbocycles. The van der Waals surface area contributed by atoms with E-state index in [9.17, 15) is 19.7 Å². The minimum Gasteiger partial charge on any atom is -0.481 e. The summed E-state index contributed by atoms with van der Waals surface area (Å²) in [5.41, 5.74) is -0.629. The third-order valence-corrected chi connectivity index (χ3v) is 3.65. The van der Waals surface area contributed by atoms with Gasteiger partial charge in [-0.05, 0) is 26.3 Å². The molecule has 2 rings (SSSR count). The van der Waals surface area contributed by atoms with E-state index in [0.717, 1.165) is 0 Å².